The molecule has 0 bridgehead atoms. The van der Waals surface area contributed by atoms with Gasteiger partial charge < -0.3 is 15.3 Å². The van der Waals surface area contributed by atoms with E-state index in [0.717, 1.165) is 21.3 Å². The first kappa shape index (κ1) is 23.2. The molecule has 0 fully saturated rings. The zero-order valence-corrected chi connectivity index (χ0v) is 13.8. The van der Waals surface area contributed by atoms with Gasteiger partial charge in [0.25, 0.3) is 0 Å². The Morgan fingerprint density at radius 3 is 1.83 bits per heavy atom. The van der Waals surface area contributed by atoms with Gasteiger partial charge in [-0.05, 0) is 0 Å². The molecule has 0 saturated heterocycles. The predicted molar refractivity (Wildman–Crippen MR) is 71.5 cm³/mol. The molecular formula is C14H27O3Ti-. The van der Waals surface area contributed by atoms with Crippen molar-refractivity contribution in [3.8, 4) is 0 Å². The Kier molecular flexibility index (Phi) is 19.5. The summed E-state index contributed by atoms with van der Waals surface area (Å²) < 4.78 is 0. The maximum Gasteiger partial charge on any atom is 0.0319 e. The normalized spacial score (nSPS) is 19.6. The van der Waals surface area contributed by atoms with Crippen molar-refractivity contribution < 1.29 is 37.0 Å². The van der Waals surface area contributed by atoms with E-state index in [-0.39, 0.29) is 21.7 Å². The van der Waals surface area contributed by atoms with Crippen molar-refractivity contribution in [1.82, 2.24) is 0 Å². The number of aliphatic hydroxyl groups is 3. The minimum atomic E-state index is 0. The Morgan fingerprint density at radius 2 is 1.39 bits per heavy atom. The van der Waals surface area contributed by atoms with Gasteiger partial charge in [-0.25, -0.2) is 17.2 Å². The Morgan fingerprint density at radius 1 is 0.944 bits per heavy atom. The zero-order valence-electron chi connectivity index (χ0n) is 12.2. The predicted octanol–water partition coefficient (Wildman–Crippen LogP) is 2.08. The van der Waals surface area contributed by atoms with Gasteiger partial charge in [0, 0.05) is 43.0 Å². The van der Waals surface area contributed by atoms with Gasteiger partial charge in [0.1, 0.15) is 0 Å². The van der Waals surface area contributed by atoms with E-state index in [2.05, 4.69) is 19.9 Å². The van der Waals surface area contributed by atoms with E-state index >= 15 is 0 Å². The number of allylic oxidation sites excluding steroid dienone is 4. The van der Waals surface area contributed by atoms with Gasteiger partial charge in [0.05, 0.1) is 0 Å². The van der Waals surface area contributed by atoms with E-state index in [1.54, 1.807) is 11.1 Å². The van der Waals surface area contributed by atoms with Crippen molar-refractivity contribution in [2.75, 3.05) is 21.3 Å². The second kappa shape index (κ2) is 15.1. The number of hydrogen-bond acceptors (Lipinski definition) is 3. The molecule has 0 aromatic heterocycles. The molecule has 1 unspecified atom stereocenters. The molecule has 0 spiro atoms. The molecule has 3 N–H and O–H groups in total. The zero-order chi connectivity index (χ0) is 13.8. The van der Waals surface area contributed by atoms with E-state index in [9.17, 15) is 0 Å². The SMILES string of the molecule is CC1=[C-]C2=C(CCCC2)C1C.CO.CO.CO.[Ti]. The Balaban J connectivity index is -0.000000285. The van der Waals surface area contributed by atoms with E-state index in [1.807, 2.05) is 0 Å². The summed E-state index contributed by atoms with van der Waals surface area (Å²) >= 11 is 0. The third kappa shape index (κ3) is 6.86. The van der Waals surface area contributed by atoms with Crippen LogP contribution in [0.15, 0.2) is 16.7 Å². The number of hydrogen-bond donors (Lipinski definition) is 3. The molecule has 2 aliphatic carbocycles. The van der Waals surface area contributed by atoms with E-state index in [0.29, 0.717) is 5.92 Å². The summed E-state index contributed by atoms with van der Waals surface area (Å²) in [5.74, 6) is 0.713. The average Bonchev–Trinajstić information content (AvgIpc) is 2.73. The molecule has 0 aliphatic heterocycles. The van der Waals surface area contributed by atoms with E-state index in [4.69, 9.17) is 15.3 Å². The Hall–Kier alpha value is 0.0743. The fourth-order valence-corrected chi connectivity index (χ4v) is 2.16. The number of rotatable bonds is 0. The summed E-state index contributed by atoms with van der Waals surface area (Å²) in [5.41, 5.74) is 4.69. The van der Waals surface area contributed by atoms with Crippen LogP contribution in [0.2, 0.25) is 0 Å². The standard InChI is InChI=1S/C11H15.3CH4O.Ti/c1-8-7-10-5-3-4-6-11(10)9(8)2;3*1-2;/h9H,3-6H2,1-2H3;3*2H,1H3;/q-1;;;;. The van der Waals surface area contributed by atoms with Crippen molar-refractivity contribution >= 4 is 0 Å². The first-order chi connectivity index (χ1) is 8.29. The summed E-state index contributed by atoms with van der Waals surface area (Å²) in [6, 6.07) is 0. The molecule has 2 aliphatic rings. The van der Waals surface area contributed by atoms with Gasteiger partial charge in [-0.15, -0.1) is 0 Å². The van der Waals surface area contributed by atoms with Crippen LogP contribution in [-0.4, -0.2) is 36.6 Å². The summed E-state index contributed by atoms with van der Waals surface area (Å²) in [6.07, 6.45) is 8.91. The maximum atomic E-state index is 7.00. The second-order valence-electron chi connectivity index (χ2n) is 3.74. The van der Waals surface area contributed by atoms with Crippen LogP contribution in [0, 0.1) is 12.0 Å². The third-order valence-corrected chi connectivity index (χ3v) is 3.03. The molecule has 0 saturated carbocycles. The van der Waals surface area contributed by atoms with Gasteiger partial charge >= 0.3 is 0 Å². The summed E-state index contributed by atoms with van der Waals surface area (Å²) in [4.78, 5) is 0. The van der Waals surface area contributed by atoms with Crippen LogP contribution < -0.4 is 0 Å². The van der Waals surface area contributed by atoms with Gasteiger partial charge in [0.15, 0.2) is 0 Å². The average molecular weight is 291 g/mol. The molecule has 0 aromatic rings. The van der Waals surface area contributed by atoms with Crippen LogP contribution in [0.5, 0.6) is 0 Å². The fourth-order valence-electron chi connectivity index (χ4n) is 2.16. The minimum absolute atomic E-state index is 0. The van der Waals surface area contributed by atoms with Crippen LogP contribution in [0.3, 0.4) is 0 Å². The molecular weight excluding hydrogens is 264 g/mol. The van der Waals surface area contributed by atoms with E-state index < -0.39 is 0 Å². The van der Waals surface area contributed by atoms with Crippen molar-refractivity contribution in [3.63, 3.8) is 0 Å². The van der Waals surface area contributed by atoms with Gasteiger partial charge in [-0.2, -0.15) is 5.57 Å². The molecule has 0 heterocycles. The third-order valence-electron chi connectivity index (χ3n) is 3.03. The van der Waals surface area contributed by atoms with Crippen LogP contribution in [-0.2, 0) is 21.7 Å². The Labute approximate surface area is 126 Å². The van der Waals surface area contributed by atoms with Crippen LogP contribution in [0.25, 0.3) is 0 Å². The largest absolute Gasteiger partial charge is 0.400 e. The molecule has 1 atom stereocenters. The van der Waals surface area contributed by atoms with Crippen molar-refractivity contribution in [1.29, 1.82) is 0 Å². The monoisotopic (exact) mass is 291 g/mol. The quantitative estimate of drug-likeness (QED) is 0.473. The second-order valence-corrected chi connectivity index (χ2v) is 3.74. The van der Waals surface area contributed by atoms with Crippen LogP contribution in [0.1, 0.15) is 39.5 Å². The topological polar surface area (TPSA) is 60.7 Å². The number of aliphatic hydroxyl groups excluding tert-OH is 3. The minimum Gasteiger partial charge on any atom is -0.400 e. The van der Waals surface area contributed by atoms with Gasteiger partial charge in [0.2, 0.25) is 0 Å². The first-order valence-corrected chi connectivity index (χ1v) is 5.95. The van der Waals surface area contributed by atoms with Gasteiger partial charge in [-0.3, -0.25) is 0 Å². The van der Waals surface area contributed by atoms with Crippen LogP contribution >= 0.6 is 0 Å². The Bertz CT molecular complexity index is 247. The van der Waals surface area contributed by atoms with E-state index in [1.165, 1.54) is 31.3 Å². The molecule has 106 valence electrons. The maximum absolute atomic E-state index is 7.00. The molecule has 0 amide bonds. The van der Waals surface area contributed by atoms with Gasteiger partial charge in [-0.1, -0.05) is 45.4 Å². The summed E-state index contributed by atoms with van der Waals surface area (Å²) in [6.45, 7) is 4.53. The molecule has 3 nitrogen and oxygen atoms in total. The van der Waals surface area contributed by atoms with Crippen LogP contribution in [0.4, 0.5) is 0 Å². The summed E-state index contributed by atoms with van der Waals surface area (Å²) in [5, 5.41) is 21.0. The molecule has 4 heteroatoms. The molecule has 0 radical (unpaired) electrons. The smallest absolute Gasteiger partial charge is 0.0319 e. The molecule has 2 rings (SSSR count). The first-order valence-electron chi connectivity index (χ1n) is 5.95. The van der Waals surface area contributed by atoms with Crippen molar-refractivity contribution in [2.45, 2.75) is 39.5 Å². The molecule has 18 heavy (non-hydrogen) atoms. The fraction of sp³-hybridized carbons (Fsp3) is 0.714. The van der Waals surface area contributed by atoms with Crippen molar-refractivity contribution in [3.05, 3.63) is 22.8 Å². The summed E-state index contributed by atoms with van der Waals surface area (Å²) in [7, 11) is 3.00. The van der Waals surface area contributed by atoms with Crippen molar-refractivity contribution in [2.24, 2.45) is 5.92 Å². The molecule has 0 aromatic carbocycles.